The van der Waals surface area contributed by atoms with Gasteiger partial charge in [0.05, 0.1) is 16.0 Å². The third-order valence-electron chi connectivity index (χ3n) is 2.79. The molecule has 0 fully saturated rings. The van der Waals surface area contributed by atoms with Crippen molar-refractivity contribution in [1.29, 1.82) is 5.26 Å². The molecule has 0 aliphatic rings. The highest BCUT2D eigenvalue weighted by Crippen LogP contribution is 2.34. The summed E-state index contributed by atoms with van der Waals surface area (Å²) in [6.07, 6.45) is 0. The Morgan fingerprint density at radius 3 is 2.65 bits per heavy atom. The Kier molecular flexibility index (Phi) is 4.44. The molecular formula is C14H8Cl2FNOS. The number of Topliss-reactive ketones (excluding diaryl/α,β-unsaturated/α-hetero) is 1. The number of carbonyl (C=O) groups is 1. The Hall–Kier alpha value is -1.41. The average Bonchev–Trinajstić information content (AvgIpc) is 2.73. The maximum Gasteiger partial charge on any atom is 0.195 e. The van der Waals surface area contributed by atoms with Crippen molar-refractivity contribution in [1.82, 2.24) is 0 Å². The van der Waals surface area contributed by atoms with Crippen molar-refractivity contribution in [2.24, 2.45) is 0 Å². The van der Waals surface area contributed by atoms with Crippen LogP contribution in [0, 0.1) is 24.1 Å². The third kappa shape index (κ3) is 2.71. The first-order valence-corrected chi connectivity index (χ1v) is 7.21. The molecule has 0 amide bonds. The van der Waals surface area contributed by atoms with Gasteiger partial charge in [0.25, 0.3) is 0 Å². The number of hydrogen-bond donors (Lipinski definition) is 0. The van der Waals surface area contributed by atoms with Crippen molar-refractivity contribution >= 4 is 40.3 Å². The van der Waals surface area contributed by atoms with E-state index in [9.17, 15) is 14.4 Å². The quantitative estimate of drug-likeness (QED) is 0.745. The smallest absolute Gasteiger partial charge is 0.195 e. The van der Waals surface area contributed by atoms with Crippen LogP contribution in [0.4, 0.5) is 4.39 Å². The van der Waals surface area contributed by atoms with Crippen LogP contribution in [-0.2, 0) is 0 Å². The number of nitriles is 1. The number of nitrogens with zero attached hydrogens (tertiary/aromatic N) is 1. The van der Waals surface area contributed by atoms with Gasteiger partial charge in [0.2, 0.25) is 0 Å². The van der Waals surface area contributed by atoms with E-state index in [1.165, 1.54) is 23.5 Å². The summed E-state index contributed by atoms with van der Waals surface area (Å²) in [6, 6.07) is 5.50. The summed E-state index contributed by atoms with van der Waals surface area (Å²) in [5.74, 6) is -2.05. The van der Waals surface area contributed by atoms with E-state index in [0.29, 0.717) is 9.90 Å². The normalized spacial score (nSPS) is 11.9. The molecule has 0 N–H and O–H groups in total. The van der Waals surface area contributed by atoms with Gasteiger partial charge in [0, 0.05) is 5.02 Å². The molecule has 0 saturated carbocycles. The molecule has 0 aliphatic heterocycles. The van der Waals surface area contributed by atoms with Gasteiger partial charge in [-0.2, -0.15) is 5.26 Å². The topological polar surface area (TPSA) is 40.9 Å². The van der Waals surface area contributed by atoms with E-state index in [1.54, 1.807) is 12.3 Å². The fraction of sp³-hybridized carbons (Fsp3) is 0.143. The number of aryl methyl sites for hydroxylation is 1. The zero-order chi connectivity index (χ0) is 14.9. The van der Waals surface area contributed by atoms with Crippen LogP contribution in [0.5, 0.6) is 0 Å². The summed E-state index contributed by atoms with van der Waals surface area (Å²) < 4.78 is 13.0. The van der Waals surface area contributed by atoms with Gasteiger partial charge < -0.3 is 0 Å². The van der Waals surface area contributed by atoms with Crippen LogP contribution in [0.2, 0.25) is 10.0 Å². The number of thiophene rings is 1. The minimum atomic E-state index is -1.10. The molecule has 1 heterocycles. The second-order valence-electron chi connectivity index (χ2n) is 4.15. The van der Waals surface area contributed by atoms with Gasteiger partial charge in [-0.15, -0.1) is 11.3 Å². The van der Waals surface area contributed by atoms with Gasteiger partial charge in [0.1, 0.15) is 11.7 Å². The predicted molar refractivity (Wildman–Crippen MR) is 78.2 cm³/mol. The monoisotopic (exact) mass is 327 g/mol. The second-order valence-corrected chi connectivity index (χ2v) is 5.82. The maximum atomic E-state index is 13.0. The standard InChI is InChI=1S/C14H8Cl2FNOS/c1-7-6-20-14(12(7)16)13(19)10(5-18)9-3-2-8(17)4-11(9)15/h2-4,6,10H,1H3. The van der Waals surface area contributed by atoms with Gasteiger partial charge in [-0.25, -0.2) is 4.39 Å². The highest BCUT2D eigenvalue weighted by molar-refractivity contribution is 7.13. The van der Waals surface area contributed by atoms with Crippen LogP contribution < -0.4 is 0 Å². The Morgan fingerprint density at radius 2 is 2.15 bits per heavy atom. The number of rotatable bonds is 3. The SMILES string of the molecule is Cc1csc(C(=O)C(C#N)c2ccc(F)cc2Cl)c1Cl. The molecular weight excluding hydrogens is 320 g/mol. The fourth-order valence-corrected chi connectivity index (χ4v) is 3.27. The number of hydrogen-bond acceptors (Lipinski definition) is 3. The lowest BCUT2D eigenvalue weighted by Crippen LogP contribution is -2.11. The first kappa shape index (κ1) is 15.0. The summed E-state index contributed by atoms with van der Waals surface area (Å²) in [7, 11) is 0. The van der Waals surface area contributed by atoms with Crippen molar-refractivity contribution in [3.63, 3.8) is 0 Å². The minimum absolute atomic E-state index is 0.0503. The largest absolute Gasteiger partial charge is 0.291 e. The number of carbonyl (C=O) groups excluding carboxylic acids is 1. The van der Waals surface area contributed by atoms with Crippen molar-refractivity contribution in [2.75, 3.05) is 0 Å². The van der Waals surface area contributed by atoms with Crippen LogP contribution in [0.1, 0.15) is 26.7 Å². The molecule has 1 aromatic heterocycles. The van der Waals surface area contributed by atoms with Crippen molar-refractivity contribution in [2.45, 2.75) is 12.8 Å². The summed E-state index contributed by atoms with van der Waals surface area (Å²) in [5.41, 5.74) is 1.06. The molecule has 20 heavy (non-hydrogen) atoms. The molecule has 1 aromatic carbocycles. The Morgan fingerprint density at radius 1 is 1.45 bits per heavy atom. The number of halogens is 3. The molecule has 0 bridgehead atoms. The molecule has 2 rings (SSSR count). The van der Waals surface area contributed by atoms with Gasteiger partial charge in [-0.1, -0.05) is 29.3 Å². The first-order valence-electron chi connectivity index (χ1n) is 5.58. The van der Waals surface area contributed by atoms with E-state index in [2.05, 4.69) is 0 Å². The molecule has 6 heteroatoms. The highest BCUT2D eigenvalue weighted by atomic mass is 35.5. The van der Waals surface area contributed by atoms with E-state index in [0.717, 1.165) is 11.6 Å². The molecule has 0 aliphatic carbocycles. The molecule has 0 saturated heterocycles. The molecule has 0 spiro atoms. The zero-order valence-corrected chi connectivity index (χ0v) is 12.6. The van der Waals surface area contributed by atoms with E-state index in [4.69, 9.17) is 23.2 Å². The number of ketones is 1. The fourth-order valence-electron chi connectivity index (χ4n) is 1.73. The van der Waals surface area contributed by atoms with Gasteiger partial charge in [-0.3, -0.25) is 4.79 Å². The number of benzene rings is 1. The molecule has 102 valence electrons. The lowest BCUT2D eigenvalue weighted by atomic mass is 9.95. The van der Waals surface area contributed by atoms with Crippen LogP contribution >= 0.6 is 34.5 Å². The summed E-state index contributed by atoms with van der Waals surface area (Å²) in [4.78, 5) is 12.7. The van der Waals surface area contributed by atoms with Gasteiger partial charge >= 0.3 is 0 Å². The molecule has 1 atom stereocenters. The zero-order valence-electron chi connectivity index (χ0n) is 10.3. The van der Waals surface area contributed by atoms with Crippen LogP contribution in [0.15, 0.2) is 23.6 Å². The summed E-state index contributed by atoms with van der Waals surface area (Å²) >= 11 is 13.1. The van der Waals surface area contributed by atoms with Crippen LogP contribution in [0.25, 0.3) is 0 Å². The summed E-state index contributed by atoms with van der Waals surface area (Å²) in [5, 5.41) is 11.4. The van der Waals surface area contributed by atoms with Crippen molar-refractivity contribution in [3.8, 4) is 6.07 Å². The van der Waals surface area contributed by atoms with Crippen molar-refractivity contribution < 1.29 is 9.18 Å². The molecule has 2 aromatic rings. The molecule has 1 unspecified atom stereocenters. The Balaban J connectivity index is 2.45. The maximum absolute atomic E-state index is 13.0. The van der Waals surface area contributed by atoms with Crippen LogP contribution in [-0.4, -0.2) is 5.78 Å². The first-order chi connectivity index (χ1) is 9.45. The highest BCUT2D eigenvalue weighted by Gasteiger charge is 2.27. The lowest BCUT2D eigenvalue weighted by molar-refractivity contribution is 0.0983. The molecule has 2 nitrogen and oxygen atoms in total. The average molecular weight is 328 g/mol. The lowest BCUT2D eigenvalue weighted by Gasteiger charge is -2.10. The molecule has 0 radical (unpaired) electrons. The Labute approximate surface area is 129 Å². The van der Waals surface area contributed by atoms with E-state index >= 15 is 0 Å². The van der Waals surface area contributed by atoms with Crippen LogP contribution in [0.3, 0.4) is 0 Å². The minimum Gasteiger partial charge on any atom is -0.291 e. The van der Waals surface area contributed by atoms with E-state index in [-0.39, 0.29) is 10.6 Å². The van der Waals surface area contributed by atoms with E-state index in [1.807, 2.05) is 6.07 Å². The predicted octanol–water partition coefficient (Wildman–Crippen LogP) is 4.99. The second kappa shape index (κ2) is 5.92. The van der Waals surface area contributed by atoms with Gasteiger partial charge in [0.15, 0.2) is 5.78 Å². The Bertz CT molecular complexity index is 720. The van der Waals surface area contributed by atoms with E-state index < -0.39 is 17.5 Å². The van der Waals surface area contributed by atoms with Crippen molar-refractivity contribution in [3.05, 3.63) is 55.4 Å². The third-order valence-corrected chi connectivity index (χ3v) is 4.83. The van der Waals surface area contributed by atoms with Gasteiger partial charge in [-0.05, 0) is 35.6 Å². The summed E-state index contributed by atoms with van der Waals surface area (Å²) in [6.45, 7) is 1.78.